The molecule has 0 bridgehead atoms. The first-order chi connectivity index (χ1) is 15.1. The zero-order valence-electron chi connectivity index (χ0n) is 21.8. The molecule has 0 fully saturated rings. The van der Waals surface area contributed by atoms with Crippen molar-refractivity contribution >= 4 is 7.14 Å². The van der Waals surface area contributed by atoms with Crippen molar-refractivity contribution in [2.45, 2.75) is 40.0 Å². The maximum Gasteiger partial charge on any atom is 0.177 e. The molecule has 0 aliphatic rings. The summed E-state index contributed by atoms with van der Waals surface area (Å²) in [5, 5.41) is 0. The van der Waals surface area contributed by atoms with Crippen LogP contribution in [0.4, 0.5) is 0 Å². The smallest absolute Gasteiger partial charge is 0.177 e. The monoisotopic (exact) mass is 833 g/mol. The molecule has 0 amide bonds. The minimum atomic E-state index is -2.32. The summed E-state index contributed by atoms with van der Waals surface area (Å²) in [7, 11) is 3.91. The van der Waals surface area contributed by atoms with E-state index >= 15 is 0 Å². The SMILES string of the molecule is Cc1ccc(CCP(=O)(CCc2ccc(C)[n+](C)c2)CCc2ccc(C)[n+](C)c2)c[n+]1C.[I-].[I-].[I-]. The zero-order chi connectivity index (χ0) is 23.3. The number of aryl methyl sites for hydroxylation is 9. The fourth-order valence-corrected chi connectivity index (χ4v) is 6.66. The van der Waals surface area contributed by atoms with Crippen molar-refractivity contribution in [1.82, 2.24) is 0 Å². The summed E-state index contributed by atoms with van der Waals surface area (Å²) in [6.45, 7) is 6.33. The lowest BCUT2D eigenvalue weighted by molar-refractivity contribution is -0.678. The molecule has 35 heavy (non-hydrogen) atoms. The number of halogens is 3. The normalized spacial score (nSPS) is 10.7. The largest absolute Gasteiger partial charge is 1.00 e. The van der Waals surface area contributed by atoms with Gasteiger partial charge < -0.3 is 76.5 Å². The van der Waals surface area contributed by atoms with Crippen LogP contribution in [0.2, 0.25) is 0 Å². The van der Waals surface area contributed by atoms with Crippen LogP contribution < -0.4 is 85.6 Å². The van der Waals surface area contributed by atoms with Gasteiger partial charge in [0, 0.05) is 74.1 Å². The van der Waals surface area contributed by atoms with Gasteiger partial charge in [0.15, 0.2) is 35.7 Å². The van der Waals surface area contributed by atoms with E-state index in [2.05, 4.69) is 111 Å². The first-order valence-corrected chi connectivity index (χ1v) is 13.8. The molecular weight excluding hydrogens is 794 g/mol. The zero-order valence-corrected chi connectivity index (χ0v) is 29.1. The molecule has 0 aromatic carbocycles. The van der Waals surface area contributed by atoms with E-state index in [-0.39, 0.29) is 71.9 Å². The van der Waals surface area contributed by atoms with Gasteiger partial charge in [-0.25, -0.2) is 13.7 Å². The quantitative estimate of drug-likeness (QED) is 0.120. The Labute approximate surface area is 263 Å². The summed E-state index contributed by atoms with van der Waals surface area (Å²) in [6, 6.07) is 13.0. The third kappa shape index (κ3) is 10.6. The lowest BCUT2D eigenvalue weighted by atomic mass is 10.2. The number of hydrogen-bond donors (Lipinski definition) is 0. The van der Waals surface area contributed by atoms with Gasteiger partial charge in [0.1, 0.15) is 21.1 Å². The van der Waals surface area contributed by atoms with E-state index in [4.69, 9.17) is 0 Å². The Morgan fingerprint density at radius 3 is 1.03 bits per heavy atom. The van der Waals surface area contributed by atoms with E-state index in [1.165, 1.54) is 33.8 Å². The molecule has 194 valence electrons. The standard InChI is InChI=1S/C27H39N3OP.3HI/c1-22-7-10-25(19-28(22)4)13-16-32(31,17-14-26-11-8-23(2)29(5)20-26)18-15-27-12-9-24(3)30(6)21-27;;;/h7-12,19-21H,13-18H2,1-6H3;3*1H/q+3;;;/p-3. The number of nitrogens with zero attached hydrogens (tertiary/aromatic N) is 3. The lowest BCUT2D eigenvalue weighted by Crippen LogP contribution is -3.00. The second-order valence-electron chi connectivity index (χ2n) is 9.35. The number of aromatic nitrogens is 3. The predicted octanol–water partition coefficient (Wildman–Crippen LogP) is -5.51. The highest BCUT2D eigenvalue weighted by atomic mass is 127. The first kappa shape index (κ1) is 34.9. The summed E-state index contributed by atoms with van der Waals surface area (Å²) in [6.07, 6.45) is 11.5. The Morgan fingerprint density at radius 1 is 0.543 bits per heavy atom. The molecular formula is C27H39I3N3OP. The third-order valence-electron chi connectivity index (χ3n) is 6.79. The average Bonchev–Trinajstić information content (AvgIpc) is 2.76. The van der Waals surface area contributed by atoms with Gasteiger partial charge >= 0.3 is 0 Å². The Balaban J connectivity index is 0.00000385. The van der Waals surface area contributed by atoms with Gasteiger partial charge in [0.05, 0.1) is 7.14 Å². The third-order valence-corrected chi connectivity index (χ3v) is 9.90. The van der Waals surface area contributed by atoms with Crippen molar-refractivity contribution in [3.63, 3.8) is 0 Å². The second kappa shape index (κ2) is 16.0. The predicted molar refractivity (Wildman–Crippen MR) is 130 cm³/mol. The molecule has 3 rings (SSSR count). The molecule has 0 unspecified atom stereocenters. The van der Waals surface area contributed by atoms with E-state index in [0.717, 1.165) is 37.7 Å². The van der Waals surface area contributed by atoms with Crippen LogP contribution in [0.1, 0.15) is 33.8 Å². The van der Waals surface area contributed by atoms with Crippen molar-refractivity contribution in [3.8, 4) is 0 Å². The van der Waals surface area contributed by atoms with E-state index in [9.17, 15) is 4.57 Å². The molecule has 4 nitrogen and oxygen atoms in total. The minimum absolute atomic E-state index is 0. The van der Waals surface area contributed by atoms with E-state index in [0.29, 0.717) is 0 Å². The maximum absolute atomic E-state index is 14.2. The van der Waals surface area contributed by atoms with Crippen LogP contribution in [-0.4, -0.2) is 18.5 Å². The van der Waals surface area contributed by atoms with E-state index < -0.39 is 7.14 Å². The van der Waals surface area contributed by atoms with Crippen LogP contribution in [0.3, 0.4) is 0 Å². The highest BCUT2D eigenvalue weighted by molar-refractivity contribution is 7.63. The fourth-order valence-electron chi connectivity index (χ4n) is 3.99. The molecule has 3 aromatic heterocycles. The molecule has 0 spiro atoms. The topological polar surface area (TPSA) is 28.7 Å². The van der Waals surface area contributed by atoms with Crippen LogP contribution in [0.15, 0.2) is 55.0 Å². The summed E-state index contributed by atoms with van der Waals surface area (Å²) in [5.41, 5.74) is 7.50. The lowest BCUT2D eigenvalue weighted by Gasteiger charge is -2.18. The molecule has 0 atom stereocenters. The Bertz CT molecular complexity index is 1010. The van der Waals surface area contributed by atoms with Crippen LogP contribution in [0.25, 0.3) is 0 Å². The van der Waals surface area contributed by atoms with Crippen LogP contribution in [0, 0.1) is 20.8 Å². The molecule has 3 aromatic rings. The van der Waals surface area contributed by atoms with Crippen LogP contribution in [0.5, 0.6) is 0 Å². The van der Waals surface area contributed by atoms with Gasteiger partial charge in [-0.2, -0.15) is 0 Å². The maximum atomic E-state index is 14.2. The van der Waals surface area contributed by atoms with Crippen molar-refractivity contribution in [2.75, 3.05) is 18.5 Å². The number of rotatable bonds is 9. The van der Waals surface area contributed by atoms with E-state index in [1.807, 2.05) is 0 Å². The fraction of sp³-hybridized carbons (Fsp3) is 0.444. The summed E-state index contributed by atoms with van der Waals surface area (Å²) < 4.78 is 20.6. The first-order valence-electron chi connectivity index (χ1n) is 11.6. The summed E-state index contributed by atoms with van der Waals surface area (Å²) in [4.78, 5) is 0. The molecule has 8 heteroatoms. The molecule has 0 N–H and O–H groups in total. The second-order valence-corrected chi connectivity index (χ2v) is 12.8. The number of pyridine rings is 3. The average molecular weight is 833 g/mol. The van der Waals surface area contributed by atoms with Gasteiger partial charge in [0.25, 0.3) is 0 Å². The van der Waals surface area contributed by atoms with Crippen molar-refractivity contribution in [1.29, 1.82) is 0 Å². The molecule has 3 heterocycles. The van der Waals surface area contributed by atoms with Crippen molar-refractivity contribution in [3.05, 3.63) is 88.8 Å². The van der Waals surface area contributed by atoms with E-state index in [1.54, 1.807) is 0 Å². The Morgan fingerprint density at radius 2 is 0.800 bits per heavy atom. The Hall–Kier alpha value is -0.130. The highest BCUT2D eigenvalue weighted by Gasteiger charge is 2.23. The molecule has 0 radical (unpaired) electrons. The number of hydrogen-bond acceptors (Lipinski definition) is 1. The minimum Gasteiger partial charge on any atom is -1.00 e. The molecule has 0 aliphatic heterocycles. The Kier molecular flexibility index (Phi) is 15.9. The summed E-state index contributed by atoms with van der Waals surface area (Å²) >= 11 is 0. The van der Waals surface area contributed by atoms with Gasteiger partial charge in [-0.05, 0) is 37.5 Å². The van der Waals surface area contributed by atoms with Crippen molar-refractivity contribution < 1.29 is 90.2 Å². The van der Waals surface area contributed by atoms with Gasteiger partial charge in [-0.15, -0.1) is 0 Å². The summed E-state index contributed by atoms with van der Waals surface area (Å²) in [5.74, 6) is 0. The molecule has 0 aliphatic carbocycles. The van der Waals surface area contributed by atoms with Gasteiger partial charge in [-0.1, -0.05) is 0 Å². The molecule has 0 saturated heterocycles. The highest BCUT2D eigenvalue weighted by Crippen LogP contribution is 2.47. The molecule has 0 saturated carbocycles. The van der Waals surface area contributed by atoms with Gasteiger partial charge in [0.2, 0.25) is 0 Å². The van der Waals surface area contributed by atoms with Crippen LogP contribution >= 0.6 is 7.14 Å². The van der Waals surface area contributed by atoms with Crippen LogP contribution in [-0.2, 0) is 45.0 Å². The van der Waals surface area contributed by atoms with Crippen molar-refractivity contribution in [2.24, 2.45) is 21.1 Å². The van der Waals surface area contributed by atoms with Gasteiger partial charge in [-0.3, -0.25) is 0 Å².